The Kier molecular flexibility index (Phi) is 6.85. The van der Waals surface area contributed by atoms with Crippen molar-refractivity contribution in [1.29, 1.82) is 0 Å². The van der Waals surface area contributed by atoms with Crippen LogP contribution in [0.25, 0.3) is 11.3 Å². The molecule has 0 aliphatic heterocycles. The van der Waals surface area contributed by atoms with Gasteiger partial charge in [0.15, 0.2) is 10.3 Å². The van der Waals surface area contributed by atoms with E-state index in [1.165, 1.54) is 34.2 Å². The summed E-state index contributed by atoms with van der Waals surface area (Å²) in [5.41, 5.74) is 4.43. The van der Waals surface area contributed by atoms with Gasteiger partial charge in [-0.3, -0.25) is 4.79 Å². The fourth-order valence-corrected chi connectivity index (χ4v) is 4.30. The molecule has 0 unspecified atom stereocenters. The Labute approximate surface area is 173 Å². The van der Waals surface area contributed by atoms with E-state index in [0.29, 0.717) is 5.13 Å². The van der Waals surface area contributed by atoms with Crippen LogP contribution in [0.15, 0.2) is 28.7 Å². The summed E-state index contributed by atoms with van der Waals surface area (Å²) in [4.78, 5) is 16.9. The molecule has 8 heteroatoms. The molecule has 1 aromatic carbocycles. The van der Waals surface area contributed by atoms with E-state index in [2.05, 4.69) is 71.0 Å². The normalized spacial score (nSPS) is 11.0. The van der Waals surface area contributed by atoms with Crippen molar-refractivity contribution in [1.82, 2.24) is 19.7 Å². The number of thiazole rings is 1. The van der Waals surface area contributed by atoms with E-state index in [9.17, 15) is 4.79 Å². The zero-order chi connectivity index (χ0) is 20.1. The van der Waals surface area contributed by atoms with Gasteiger partial charge in [-0.15, -0.1) is 21.5 Å². The van der Waals surface area contributed by atoms with E-state index >= 15 is 0 Å². The molecule has 1 N–H and O–H groups in total. The lowest BCUT2D eigenvalue weighted by Gasteiger charge is -2.07. The second-order valence-electron chi connectivity index (χ2n) is 6.58. The van der Waals surface area contributed by atoms with Crippen LogP contribution in [0.4, 0.5) is 5.13 Å². The van der Waals surface area contributed by atoms with Gasteiger partial charge in [0.25, 0.3) is 0 Å². The number of nitrogens with one attached hydrogen (secondary N) is 1. The number of carbonyl (C=O) groups excluding carboxylic acids is 1. The lowest BCUT2D eigenvalue weighted by molar-refractivity contribution is -0.113. The highest BCUT2D eigenvalue weighted by Crippen LogP contribution is 2.27. The largest absolute Gasteiger partial charge is 0.306 e. The number of thioether (sulfide) groups is 1. The van der Waals surface area contributed by atoms with Crippen LogP contribution >= 0.6 is 23.1 Å². The van der Waals surface area contributed by atoms with Crippen molar-refractivity contribution in [3.05, 3.63) is 40.5 Å². The Morgan fingerprint density at radius 3 is 2.75 bits per heavy atom. The lowest BCUT2D eigenvalue weighted by atomic mass is 10.1. The molecule has 0 radical (unpaired) electrons. The summed E-state index contributed by atoms with van der Waals surface area (Å²) in [6.07, 6.45) is 1.84. The first-order chi connectivity index (χ1) is 13.5. The number of benzene rings is 1. The summed E-state index contributed by atoms with van der Waals surface area (Å²) in [6, 6.07) is 6.28. The number of amides is 1. The molecular formula is C20H25N5OS2. The smallest absolute Gasteiger partial charge is 0.236 e. The first-order valence-electron chi connectivity index (χ1n) is 9.39. The van der Waals surface area contributed by atoms with E-state index < -0.39 is 0 Å². The van der Waals surface area contributed by atoms with Crippen LogP contribution in [-0.4, -0.2) is 31.4 Å². The molecule has 2 aromatic heterocycles. The van der Waals surface area contributed by atoms with Gasteiger partial charge in [-0.05, 0) is 37.5 Å². The average molecular weight is 416 g/mol. The van der Waals surface area contributed by atoms with Crippen LogP contribution in [0.5, 0.6) is 0 Å². The molecule has 0 saturated heterocycles. The maximum atomic E-state index is 12.4. The summed E-state index contributed by atoms with van der Waals surface area (Å²) in [7, 11) is 0. The van der Waals surface area contributed by atoms with Crippen molar-refractivity contribution in [2.75, 3.05) is 11.1 Å². The zero-order valence-electron chi connectivity index (χ0n) is 16.7. The van der Waals surface area contributed by atoms with E-state index in [-0.39, 0.29) is 11.7 Å². The molecule has 6 nitrogen and oxygen atoms in total. The number of rotatable bonds is 8. The van der Waals surface area contributed by atoms with Crippen molar-refractivity contribution < 1.29 is 4.79 Å². The summed E-state index contributed by atoms with van der Waals surface area (Å²) in [5.74, 6) is 1.15. The molecule has 1 amide bonds. The van der Waals surface area contributed by atoms with Crippen molar-refractivity contribution in [2.24, 2.45) is 0 Å². The summed E-state index contributed by atoms with van der Waals surface area (Å²) >= 11 is 2.85. The molecule has 28 heavy (non-hydrogen) atoms. The molecular weight excluding hydrogens is 390 g/mol. The lowest BCUT2D eigenvalue weighted by Crippen LogP contribution is -2.14. The molecule has 2 heterocycles. The number of hydrogen-bond acceptors (Lipinski definition) is 6. The highest BCUT2D eigenvalue weighted by molar-refractivity contribution is 7.99. The number of nitrogens with zero attached hydrogens (tertiary/aromatic N) is 4. The summed E-state index contributed by atoms with van der Waals surface area (Å²) in [5, 5.41) is 14.7. The molecule has 0 bridgehead atoms. The van der Waals surface area contributed by atoms with E-state index in [1.54, 1.807) is 0 Å². The summed E-state index contributed by atoms with van der Waals surface area (Å²) < 4.78 is 2.10. The van der Waals surface area contributed by atoms with Crippen LogP contribution in [0.3, 0.4) is 0 Å². The van der Waals surface area contributed by atoms with Crippen molar-refractivity contribution in [3.8, 4) is 11.3 Å². The van der Waals surface area contributed by atoms with Crippen molar-refractivity contribution >= 4 is 34.1 Å². The van der Waals surface area contributed by atoms with E-state index in [1.807, 2.05) is 5.38 Å². The molecule has 0 atom stereocenters. The Morgan fingerprint density at radius 1 is 1.21 bits per heavy atom. The van der Waals surface area contributed by atoms with Crippen LogP contribution in [0.1, 0.15) is 37.2 Å². The van der Waals surface area contributed by atoms with Crippen molar-refractivity contribution in [3.63, 3.8) is 0 Å². The Bertz CT molecular complexity index is 963. The standard InChI is InChI=1S/C20H25N5OS2/c1-5-9-25-17(6-2)23-24-20(25)28-12-18(26)22-19-21-16(11-27-19)15-8-7-13(3)14(4)10-15/h7-8,10-11H,5-6,9,12H2,1-4H3,(H,21,22,26). The van der Waals surface area contributed by atoms with E-state index in [4.69, 9.17) is 0 Å². The SMILES string of the molecule is CCCn1c(CC)nnc1SCC(=O)Nc1nc(-c2ccc(C)c(C)c2)cs1. The highest BCUT2D eigenvalue weighted by Gasteiger charge is 2.14. The first kappa shape index (κ1) is 20.5. The fourth-order valence-electron chi connectivity index (χ4n) is 2.79. The molecule has 0 saturated carbocycles. The quantitative estimate of drug-likeness (QED) is 0.539. The molecule has 3 aromatic rings. The van der Waals surface area contributed by atoms with Crippen LogP contribution in [-0.2, 0) is 17.8 Å². The second kappa shape index (κ2) is 9.34. The Balaban J connectivity index is 1.61. The topological polar surface area (TPSA) is 72.7 Å². The molecule has 148 valence electrons. The number of aromatic nitrogens is 4. The van der Waals surface area contributed by atoms with E-state index in [0.717, 1.165) is 41.6 Å². The second-order valence-corrected chi connectivity index (χ2v) is 8.38. The minimum Gasteiger partial charge on any atom is -0.306 e. The minimum absolute atomic E-state index is 0.0879. The predicted molar refractivity (Wildman–Crippen MR) is 116 cm³/mol. The Hall–Kier alpha value is -2.19. The van der Waals surface area contributed by atoms with Gasteiger partial charge in [0, 0.05) is 23.9 Å². The van der Waals surface area contributed by atoms with Gasteiger partial charge >= 0.3 is 0 Å². The first-order valence-corrected chi connectivity index (χ1v) is 11.3. The molecule has 0 fully saturated rings. The van der Waals surface area contributed by atoms with Gasteiger partial charge in [-0.1, -0.05) is 37.7 Å². The van der Waals surface area contributed by atoms with Crippen molar-refractivity contribution in [2.45, 2.75) is 52.2 Å². The third-order valence-electron chi connectivity index (χ3n) is 4.44. The Morgan fingerprint density at radius 2 is 2.04 bits per heavy atom. The maximum Gasteiger partial charge on any atom is 0.236 e. The number of carbonyl (C=O) groups is 1. The van der Waals surface area contributed by atoms with Gasteiger partial charge < -0.3 is 9.88 Å². The molecule has 0 aliphatic carbocycles. The maximum absolute atomic E-state index is 12.4. The molecule has 0 spiro atoms. The van der Waals surface area contributed by atoms with Gasteiger partial charge in [0.1, 0.15) is 5.82 Å². The minimum atomic E-state index is -0.0879. The average Bonchev–Trinajstić information content (AvgIpc) is 3.29. The highest BCUT2D eigenvalue weighted by atomic mass is 32.2. The van der Waals surface area contributed by atoms with Gasteiger partial charge in [0.2, 0.25) is 5.91 Å². The number of anilines is 1. The van der Waals surface area contributed by atoms with Gasteiger partial charge in [-0.2, -0.15) is 0 Å². The zero-order valence-corrected chi connectivity index (χ0v) is 18.3. The third kappa shape index (κ3) is 4.80. The number of aryl methyl sites for hydroxylation is 3. The monoisotopic (exact) mass is 415 g/mol. The fraction of sp³-hybridized carbons (Fsp3) is 0.400. The van der Waals surface area contributed by atoms with Crippen LogP contribution in [0.2, 0.25) is 0 Å². The van der Waals surface area contributed by atoms with Crippen LogP contribution < -0.4 is 5.32 Å². The molecule has 3 rings (SSSR count). The molecule has 0 aliphatic rings. The van der Waals surface area contributed by atoms with Gasteiger partial charge in [-0.25, -0.2) is 4.98 Å². The predicted octanol–water partition coefficient (Wildman–Crippen LogP) is 4.72. The van der Waals surface area contributed by atoms with Crippen LogP contribution in [0, 0.1) is 13.8 Å². The number of hydrogen-bond donors (Lipinski definition) is 1. The summed E-state index contributed by atoms with van der Waals surface area (Å²) in [6.45, 7) is 9.23. The van der Waals surface area contributed by atoms with Gasteiger partial charge in [0.05, 0.1) is 11.4 Å². The third-order valence-corrected chi connectivity index (χ3v) is 6.17.